The molecule has 0 atom stereocenters. The van der Waals surface area contributed by atoms with E-state index in [1.54, 1.807) is 13.2 Å². The molecule has 2 nitrogen and oxygen atoms in total. The molecule has 21 heavy (non-hydrogen) atoms. The van der Waals surface area contributed by atoms with Crippen molar-refractivity contribution in [2.24, 2.45) is 0 Å². The minimum atomic E-state index is 0.671. The number of unbranched alkanes of at least 4 members (excludes halogenated alkanes) is 6. The van der Waals surface area contributed by atoms with E-state index in [1.807, 2.05) is 6.07 Å². The van der Waals surface area contributed by atoms with E-state index in [9.17, 15) is 0 Å². The van der Waals surface area contributed by atoms with Gasteiger partial charge >= 0.3 is 0 Å². The molecule has 0 amide bonds. The third-order valence-corrected chi connectivity index (χ3v) is 4.28. The molecule has 0 aliphatic rings. The Morgan fingerprint density at radius 1 is 1.05 bits per heavy atom. The zero-order valence-corrected chi connectivity index (χ0v) is 15.4. The van der Waals surface area contributed by atoms with Crippen molar-refractivity contribution >= 4 is 27.5 Å². The maximum atomic E-state index is 6.07. The van der Waals surface area contributed by atoms with Crippen LogP contribution < -0.4 is 9.47 Å². The summed E-state index contributed by atoms with van der Waals surface area (Å²) in [5, 5.41) is 1.38. The molecule has 0 bridgehead atoms. The van der Waals surface area contributed by atoms with Crippen molar-refractivity contribution in [3.8, 4) is 11.5 Å². The van der Waals surface area contributed by atoms with Crippen LogP contribution in [0.25, 0.3) is 0 Å². The van der Waals surface area contributed by atoms with E-state index < -0.39 is 0 Å². The summed E-state index contributed by atoms with van der Waals surface area (Å²) in [6, 6.07) is 3.71. The third kappa shape index (κ3) is 6.92. The third-order valence-electron chi connectivity index (χ3n) is 3.45. The summed E-state index contributed by atoms with van der Waals surface area (Å²) in [4.78, 5) is 0. The van der Waals surface area contributed by atoms with Crippen LogP contribution in [0.15, 0.2) is 12.1 Å². The topological polar surface area (TPSA) is 18.5 Å². The lowest BCUT2D eigenvalue weighted by molar-refractivity contribution is 0.282. The Morgan fingerprint density at radius 3 is 2.33 bits per heavy atom. The molecule has 0 aliphatic carbocycles. The number of hydrogen-bond acceptors (Lipinski definition) is 2. The summed E-state index contributed by atoms with van der Waals surface area (Å²) in [7, 11) is 1.64. The molecular formula is C17H26BrClO2. The Hall–Kier alpha value is -0.410. The molecule has 4 heteroatoms. The van der Waals surface area contributed by atoms with E-state index in [0.717, 1.165) is 24.3 Å². The molecule has 0 aliphatic heterocycles. The van der Waals surface area contributed by atoms with Gasteiger partial charge in [0.2, 0.25) is 0 Å². The van der Waals surface area contributed by atoms with Gasteiger partial charge in [-0.3, -0.25) is 0 Å². The van der Waals surface area contributed by atoms with E-state index in [2.05, 4.69) is 22.9 Å². The average Bonchev–Trinajstić information content (AvgIpc) is 2.50. The molecule has 0 fully saturated rings. The van der Waals surface area contributed by atoms with Gasteiger partial charge in [0, 0.05) is 22.0 Å². The Labute approximate surface area is 142 Å². The van der Waals surface area contributed by atoms with Crippen LogP contribution in [-0.2, 0) is 5.33 Å². The van der Waals surface area contributed by atoms with Gasteiger partial charge in [-0.1, -0.05) is 73.0 Å². The van der Waals surface area contributed by atoms with E-state index in [0.29, 0.717) is 16.1 Å². The van der Waals surface area contributed by atoms with Gasteiger partial charge in [0.25, 0.3) is 0 Å². The first-order chi connectivity index (χ1) is 10.2. The predicted octanol–water partition coefficient (Wildman–Crippen LogP) is 6.37. The predicted molar refractivity (Wildman–Crippen MR) is 94.1 cm³/mol. The highest BCUT2D eigenvalue weighted by atomic mass is 79.9. The smallest absolute Gasteiger partial charge is 0.165 e. The largest absolute Gasteiger partial charge is 0.493 e. The number of benzene rings is 1. The summed E-state index contributed by atoms with van der Waals surface area (Å²) in [6.45, 7) is 2.97. The van der Waals surface area contributed by atoms with Crippen LogP contribution in [-0.4, -0.2) is 13.7 Å². The highest BCUT2D eigenvalue weighted by molar-refractivity contribution is 9.08. The van der Waals surface area contributed by atoms with Crippen LogP contribution in [0.2, 0.25) is 5.02 Å². The molecule has 120 valence electrons. The number of methoxy groups -OCH3 is 1. The normalized spacial score (nSPS) is 10.7. The van der Waals surface area contributed by atoms with Crippen LogP contribution in [0.4, 0.5) is 0 Å². The quantitative estimate of drug-likeness (QED) is 0.329. The van der Waals surface area contributed by atoms with E-state index in [4.69, 9.17) is 21.1 Å². The van der Waals surface area contributed by atoms with Gasteiger partial charge < -0.3 is 9.47 Å². The van der Waals surface area contributed by atoms with Crippen molar-refractivity contribution in [2.45, 2.75) is 57.2 Å². The fraction of sp³-hybridized carbons (Fsp3) is 0.647. The summed E-state index contributed by atoms with van der Waals surface area (Å²) >= 11 is 9.54. The van der Waals surface area contributed by atoms with E-state index in [1.165, 1.54) is 38.5 Å². The Kier molecular flexibility index (Phi) is 9.94. The van der Waals surface area contributed by atoms with Gasteiger partial charge in [-0.15, -0.1) is 0 Å². The second-order valence-corrected chi connectivity index (χ2v) is 6.20. The van der Waals surface area contributed by atoms with Crippen LogP contribution in [0, 0.1) is 0 Å². The number of halogens is 2. The van der Waals surface area contributed by atoms with E-state index in [-0.39, 0.29) is 0 Å². The fourth-order valence-electron chi connectivity index (χ4n) is 2.27. The molecule has 1 aromatic rings. The van der Waals surface area contributed by atoms with Gasteiger partial charge in [0.15, 0.2) is 11.5 Å². The van der Waals surface area contributed by atoms with Crippen LogP contribution in [0.3, 0.4) is 0 Å². The maximum Gasteiger partial charge on any atom is 0.165 e. The lowest BCUT2D eigenvalue weighted by Gasteiger charge is -2.14. The Morgan fingerprint density at radius 2 is 1.71 bits per heavy atom. The SMILES string of the molecule is CCCCCCCCCOc1c(CBr)cc(Cl)cc1OC. The number of alkyl halides is 1. The molecule has 0 heterocycles. The van der Waals surface area contributed by atoms with Crippen LogP contribution in [0.1, 0.15) is 57.4 Å². The molecule has 0 spiro atoms. The van der Waals surface area contributed by atoms with E-state index >= 15 is 0 Å². The maximum absolute atomic E-state index is 6.07. The minimum Gasteiger partial charge on any atom is -0.493 e. The lowest BCUT2D eigenvalue weighted by Crippen LogP contribution is -2.02. The molecular weight excluding hydrogens is 352 g/mol. The first-order valence-electron chi connectivity index (χ1n) is 7.78. The minimum absolute atomic E-state index is 0.671. The zero-order chi connectivity index (χ0) is 15.5. The first kappa shape index (κ1) is 18.6. The molecule has 0 aromatic heterocycles. The first-order valence-corrected chi connectivity index (χ1v) is 9.28. The molecule has 0 saturated carbocycles. The molecule has 1 rings (SSSR count). The highest BCUT2D eigenvalue weighted by Gasteiger charge is 2.11. The summed E-state index contributed by atoms with van der Waals surface area (Å²) in [6.07, 6.45) is 8.96. The fourth-order valence-corrected chi connectivity index (χ4v) is 2.92. The second kappa shape index (κ2) is 11.2. The van der Waals surface area contributed by atoms with Crippen molar-refractivity contribution in [3.63, 3.8) is 0 Å². The molecule has 0 saturated heterocycles. The highest BCUT2D eigenvalue weighted by Crippen LogP contribution is 2.36. The van der Waals surface area contributed by atoms with Crippen molar-refractivity contribution in [3.05, 3.63) is 22.7 Å². The average molecular weight is 378 g/mol. The van der Waals surface area contributed by atoms with Gasteiger partial charge in [-0.2, -0.15) is 0 Å². The summed E-state index contributed by atoms with van der Waals surface area (Å²) in [5.74, 6) is 1.52. The van der Waals surface area contributed by atoms with Gasteiger partial charge in [-0.05, 0) is 12.5 Å². The van der Waals surface area contributed by atoms with Crippen molar-refractivity contribution in [1.29, 1.82) is 0 Å². The number of rotatable bonds is 11. The lowest BCUT2D eigenvalue weighted by atomic mass is 10.1. The monoisotopic (exact) mass is 376 g/mol. The molecule has 1 aromatic carbocycles. The van der Waals surface area contributed by atoms with Crippen LogP contribution >= 0.6 is 27.5 Å². The standard InChI is InChI=1S/C17H26BrClO2/c1-3-4-5-6-7-8-9-10-21-17-14(13-18)11-15(19)12-16(17)20-2/h11-12H,3-10,13H2,1-2H3. The molecule has 0 N–H and O–H groups in total. The van der Waals surface area contributed by atoms with Crippen molar-refractivity contribution < 1.29 is 9.47 Å². The van der Waals surface area contributed by atoms with Crippen LogP contribution in [0.5, 0.6) is 11.5 Å². The zero-order valence-electron chi connectivity index (χ0n) is 13.1. The molecule has 0 unspecified atom stereocenters. The molecule has 0 radical (unpaired) electrons. The summed E-state index contributed by atoms with van der Waals surface area (Å²) < 4.78 is 11.3. The summed E-state index contributed by atoms with van der Waals surface area (Å²) in [5.41, 5.74) is 1.03. The number of hydrogen-bond donors (Lipinski definition) is 0. The second-order valence-electron chi connectivity index (χ2n) is 5.20. The van der Waals surface area contributed by atoms with Crippen molar-refractivity contribution in [2.75, 3.05) is 13.7 Å². The number of ether oxygens (including phenoxy) is 2. The van der Waals surface area contributed by atoms with Crippen molar-refractivity contribution in [1.82, 2.24) is 0 Å². The Balaban J connectivity index is 2.37. The van der Waals surface area contributed by atoms with Gasteiger partial charge in [0.05, 0.1) is 13.7 Å². The van der Waals surface area contributed by atoms with Gasteiger partial charge in [0.1, 0.15) is 0 Å². The Bertz CT molecular complexity index is 385. The van der Waals surface area contributed by atoms with Gasteiger partial charge in [-0.25, -0.2) is 0 Å².